The van der Waals surface area contributed by atoms with Gasteiger partial charge in [0.25, 0.3) is 0 Å². The van der Waals surface area contributed by atoms with E-state index >= 15 is 17.6 Å². The molecule has 10 rings (SSSR count). The average Bonchev–Trinajstić information content (AvgIpc) is 3.32. The van der Waals surface area contributed by atoms with Crippen LogP contribution >= 0.6 is 0 Å². The van der Waals surface area contributed by atoms with Crippen LogP contribution in [0.15, 0.2) is 158 Å². The lowest BCUT2D eigenvalue weighted by atomic mass is 9.90. The Balaban J connectivity index is 1.28. The van der Waals surface area contributed by atoms with Crippen LogP contribution in [0, 0.1) is 68.9 Å². The Kier molecular flexibility index (Phi) is 10.2. The van der Waals surface area contributed by atoms with E-state index in [2.05, 4.69) is 10.9 Å². The predicted molar refractivity (Wildman–Crippen MR) is 260 cm³/mol. The summed E-state index contributed by atoms with van der Waals surface area (Å²) in [5, 5.41) is 14.7. The van der Waals surface area contributed by atoms with E-state index in [0.717, 1.165) is 66.7 Å². The van der Waals surface area contributed by atoms with Gasteiger partial charge < -0.3 is 9.80 Å². The van der Waals surface area contributed by atoms with E-state index in [4.69, 9.17) is 6.57 Å². The number of nitriles is 1. The van der Waals surface area contributed by atoms with Crippen molar-refractivity contribution in [3.05, 3.63) is 220 Å². The van der Waals surface area contributed by atoms with Gasteiger partial charge in [-0.2, -0.15) is 5.26 Å². The lowest BCUT2D eigenvalue weighted by molar-refractivity contribution is 0.584. The van der Waals surface area contributed by atoms with E-state index in [1.165, 1.54) is 12.1 Å². The van der Waals surface area contributed by atoms with E-state index in [-0.39, 0.29) is 11.4 Å². The number of benzene rings is 10. The molecule has 66 heavy (non-hydrogen) atoms. The van der Waals surface area contributed by atoms with Crippen molar-refractivity contribution >= 4 is 72.1 Å². The monoisotopic (exact) mass is 866 g/mol. The highest BCUT2D eigenvalue weighted by molar-refractivity contribution is 6.28. The van der Waals surface area contributed by atoms with Crippen molar-refractivity contribution in [3.63, 3.8) is 0 Å². The summed E-state index contributed by atoms with van der Waals surface area (Å²) in [7, 11) is 0. The summed E-state index contributed by atoms with van der Waals surface area (Å²) >= 11 is 0. The summed E-state index contributed by atoms with van der Waals surface area (Å²) in [4.78, 5) is 7.18. The van der Waals surface area contributed by atoms with Gasteiger partial charge in [-0.3, -0.25) is 0 Å². The molecule has 0 aromatic heterocycles. The third kappa shape index (κ3) is 7.01. The minimum absolute atomic E-state index is 0.130. The lowest BCUT2D eigenvalue weighted by Crippen LogP contribution is -2.15. The third-order valence-electron chi connectivity index (χ3n) is 12.5. The highest BCUT2D eigenvalue weighted by atomic mass is 19.1. The maximum absolute atomic E-state index is 17.0. The van der Waals surface area contributed by atoms with E-state index in [1.54, 1.807) is 58.3 Å². The van der Waals surface area contributed by atoms with Crippen molar-refractivity contribution in [2.75, 3.05) is 9.80 Å². The molecule has 0 bridgehead atoms. The zero-order valence-corrected chi connectivity index (χ0v) is 36.3. The van der Waals surface area contributed by atoms with Crippen molar-refractivity contribution in [1.82, 2.24) is 0 Å². The fourth-order valence-corrected chi connectivity index (χ4v) is 9.35. The topological polar surface area (TPSA) is 34.6 Å². The second-order valence-corrected chi connectivity index (χ2v) is 16.8. The molecule has 10 aromatic rings. The minimum Gasteiger partial charge on any atom is -0.307 e. The fraction of sp³-hybridized carbons (Fsp3) is 0.0690. The van der Waals surface area contributed by atoms with Gasteiger partial charge in [0.1, 0.15) is 11.6 Å². The van der Waals surface area contributed by atoms with Crippen molar-refractivity contribution in [2.24, 2.45) is 0 Å². The summed E-state index contributed by atoms with van der Waals surface area (Å²) < 4.78 is 64.8. The van der Waals surface area contributed by atoms with Crippen molar-refractivity contribution in [1.29, 1.82) is 5.26 Å². The van der Waals surface area contributed by atoms with E-state index in [9.17, 15) is 5.26 Å². The molecular weight excluding hydrogens is 829 g/mol. The minimum atomic E-state index is -0.774. The average molecular weight is 867 g/mol. The first-order valence-electron chi connectivity index (χ1n) is 21.3. The van der Waals surface area contributed by atoms with Gasteiger partial charge in [0.05, 0.1) is 41.0 Å². The fourth-order valence-electron chi connectivity index (χ4n) is 9.35. The lowest BCUT2D eigenvalue weighted by Gasteiger charge is -2.31. The Hall–Kier alpha value is -8.46. The molecule has 4 nitrogen and oxygen atoms in total. The number of anilines is 6. The predicted octanol–water partition coefficient (Wildman–Crippen LogP) is 17.1. The zero-order chi connectivity index (χ0) is 46.0. The van der Waals surface area contributed by atoms with Crippen LogP contribution in [0.3, 0.4) is 0 Å². The molecule has 0 aliphatic rings. The van der Waals surface area contributed by atoms with Gasteiger partial charge >= 0.3 is 0 Å². The van der Waals surface area contributed by atoms with Crippen LogP contribution in [-0.2, 0) is 0 Å². The molecule has 0 amide bonds. The molecule has 0 heterocycles. The molecule has 0 saturated carbocycles. The molecule has 0 spiro atoms. The van der Waals surface area contributed by atoms with Gasteiger partial charge in [0, 0.05) is 45.4 Å². The van der Waals surface area contributed by atoms with Gasteiger partial charge in [-0.1, -0.05) is 96.1 Å². The van der Waals surface area contributed by atoms with Crippen LogP contribution in [0.5, 0.6) is 0 Å². The standard InChI is InChI=1S/C58H38F4N4/c1-33-6-8-35(3)47(26-33)49-28-40(59)30-51(61)57(49)65(43-18-10-37(32-63)11-19-43)53-24-14-38-13-23-46-54(25-15-39-12-22-45(53)55(38)56(39)46)66(44-20-16-42(64-5)17-21-44)58-50(29-41(60)31-52(58)62)48-27-34(2)7-9-36(48)4/h6-31H,1-4H3. The molecule has 0 unspecified atom stereocenters. The first-order valence-corrected chi connectivity index (χ1v) is 21.3. The molecule has 0 aliphatic heterocycles. The third-order valence-corrected chi connectivity index (χ3v) is 12.5. The Morgan fingerprint density at radius 2 is 0.894 bits per heavy atom. The molecule has 0 fully saturated rings. The molecule has 0 aliphatic carbocycles. The van der Waals surface area contributed by atoms with Crippen LogP contribution in [-0.4, -0.2) is 0 Å². The molecular formula is C58H38F4N4. The first-order chi connectivity index (χ1) is 31.9. The maximum Gasteiger partial charge on any atom is 0.187 e. The molecule has 8 heteroatoms. The summed E-state index contributed by atoms with van der Waals surface area (Å²) in [6.45, 7) is 15.3. The summed E-state index contributed by atoms with van der Waals surface area (Å²) in [6.07, 6.45) is 0. The van der Waals surface area contributed by atoms with Gasteiger partial charge in [-0.05, 0) is 132 Å². The largest absolute Gasteiger partial charge is 0.307 e. The SMILES string of the molecule is [C-]#[N+]c1ccc(N(c2c(F)cc(F)cc2-c2cc(C)ccc2C)c2ccc3ccc4c(N(c5ccc(C#N)cc5)c5c(F)cc(F)cc5-c5cc(C)ccc5C)ccc5ccc2c3c54)cc1. The summed E-state index contributed by atoms with van der Waals surface area (Å²) in [5.74, 6) is -2.98. The number of hydrogen-bond donors (Lipinski definition) is 0. The Morgan fingerprint density at radius 1 is 0.470 bits per heavy atom. The van der Waals surface area contributed by atoms with Gasteiger partial charge in [-0.25, -0.2) is 22.4 Å². The van der Waals surface area contributed by atoms with Crippen LogP contribution in [0.4, 0.5) is 57.4 Å². The number of aryl methyl sites for hydroxylation is 4. The molecule has 0 atom stereocenters. The first kappa shape index (κ1) is 41.5. The van der Waals surface area contributed by atoms with Gasteiger partial charge in [-0.15, -0.1) is 0 Å². The molecule has 318 valence electrons. The number of nitrogens with zero attached hydrogens (tertiary/aromatic N) is 4. The molecule has 10 aromatic carbocycles. The van der Waals surface area contributed by atoms with E-state index in [0.29, 0.717) is 56.3 Å². The second-order valence-electron chi connectivity index (χ2n) is 16.8. The van der Waals surface area contributed by atoms with Crippen LogP contribution < -0.4 is 9.80 Å². The summed E-state index contributed by atoms with van der Waals surface area (Å²) in [5.41, 5.74) is 8.94. The quantitative estimate of drug-likeness (QED) is 0.0867. The Morgan fingerprint density at radius 3 is 1.32 bits per heavy atom. The van der Waals surface area contributed by atoms with Crippen molar-refractivity contribution < 1.29 is 17.6 Å². The van der Waals surface area contributed by atoms with Crippen LogP contribution in [0.2, 0.25) is 0 Å². The smallest absolute Gasteiger partial charge is 0.187 e. The normalized spacial score (nSPS) is 11.3. The number of hydrogen-bond acceptors (Lipinski definition) is 3. The van der Waals surface area contributed by atoms with E-state index < -0.39 is 23.3 Å². The highest BCUT2D eigenvalue weighted by Crippen LogP contribution is 2.51. The van der Waals surface area contributed by atoms with Crippen molar-refractivity contribution in [2.45, 2.75) is 27.7 Å². The molecule has 0 radical (unpaired) electrons. The second kappa shape index (κ2) is 16.3. The Bertz CT molecular complexity index is 3420. The van der Waals surface area contributed by atoms with E-state index in [1.807, 2.05) is 113 Å². The Labute approximate surface area is 379 Å². The van der Waals surface area contributed by atoms with Gasteiger partial charge in [0.2, 0.25) is 0 Å². The van der Waals surface area contributed by atoms with Gasteiger partial charge in [0.15, 0.2) is 17.3 Å². The highest BCUT2D eigenvalue weighted by Gasteiger charge is 2.29. The zero-order valence-electron chi connectivity index (χ0n) is 36.3. The molecule has 0 saturated heterocycles. The number of rotatable bonds is 8. The summed E-state index contributed by atoms with van der Waals surface area (Å²) in [6, 6.07) is 47.8. The molecule has 0 N–H and O–H groups in total. The van der Waals surface area contributed by atoms with Crippen LogP contribution in [0.25, 0.3) is 59.4 Å². The number of halogens is 4. The van der Waals surface area contributed by atoms with Crippen LogP contribution in [0.1, 0.15) is 27.8 Å². The maximum atomic E-state index is 17.0. The van der Waals surface area contributed by atoms with Crippen molar-refractivity contribution in [3.8, 4) is 28.3 Å².